The zero-order chi connectivity index (χ0) is 19.0. The first-order chi connectivity index (χ1) is 13.0. The number of aromatic nitrogens is 4. The van der Waals surface area contributed by atoms with E-state index in [9.17, 15) is 13.6 Å². The number of halogens is 2. The summed E-state index contributed by atoms with van der Waals surface area (Å²) in [7, 11) is 0. The third kappa shape index (κ3) is 3.59. The molecule has 6 nitrogen and oxygen atoms in total. The van der Waals surface area contributed by atoms with Crippen molar-refractivity contribution < 1.29 is 13.6 Å². The first-order valence-electron chi connectivity index (χ1n) is 8.62. The molecule has 140 valence electrons. The van der Waals surface area contributed by atoms with E-state index >= 15 is 0 Å². The summed E-state index contributed by atoms with van der Waals surface area (Å²) in [6, 6.07) is 2.71. The minimum Gasteiger partial charge on any atom is -0.349 e. The van der Waals surface area contributed by atoms with Gasteiger partial charge >= 0.3 is 0 Å². The molecule has 1 aliphatic heterocycles. The molecule has 0 radical (unpaired) electrons. The van der Waals surface area contributed by atoms with Crippen molar-refractivity contribution in [1.82, 2.24) is 25.1 Å². The van der Waals surface area contributed by atoms with E-state index in [1.165, 1.54) is 0 Å². The third-order valence-corrected chi connectivity index (χ3v) is 5.37. The van der Waals surface area contributed by atoms with Gasteiger partial charge in [0.25, 0.3) is 5.91 Å². The lowest BCUT2D eigenvalue weighted by atomic mass is 10.1. The van der Waals surface area contributed by atoms with E-state index in [0.717, 1.165) is 40.5 Å². The molecule has 0 aliphatic carbocycles. The van der Waals surface area contributed by atoms with Crippen LogP contribution in [0.2, 0.25) is 0 Å². The molecule has 2 aromatic heterocycles. The number of hydrogen-bond acceptors (Lipinski definition) is 5. The van der Waals surface area contributed by atoms with Crippen LogP contribution in [-0.4, -0.2) is 31.7 Å². The van der Waals surface area contributed by atoms with Crippen LogP contribution in [-0.2, 0) is 13.0 Å². The van der Waals surface area contributed by atoms with Crippen molar-refractivity contribution in [2.45, 2.75) is 38.8 Å². The van der Waals surface area contributed by atoms with Crippen molar-refractivity contribution in [3.05, 3.63) is 51.6 Å². The zero-order valence-corrected chi connectivity index (χ0v) is 15.4. The maximum absolute atomic E-state index is 13.8. The Bertz CT molecular complexity index is 1000. The summed E-state index contributed by atoms with van der Waals surface area (Å²) < 4.78 is 29.1. The predicted octanol–water partition coefficient (Wildman–Crippen LogP) is 3.12. The van der Waals surface area contributed by atoms with Crippen LogP contribution >= 0.6 is 11.3 Å². The lowest BCUT2D eigenvalue weighted by Gasteiger charge is -2.16. The van der Waals surface area contributed by atoms with Gasteiger partial charge in [0.2, 0.25) is 0 Å². The highest BCUT2D eigenvalue weighted by atomic mass is 32.1. The smallest absolute Gasteiger partial charge is 0.254 e. The molecule has 3 aromatic rings. The Hall–Kier alpha value is -2.68. The first-order valence-corrected chi connectivity index (χ1v) is 9.49. The van der Waals surface area contributed by atoms with E-state index in [1.54, 1.807) is 11.3 Å². The van der Waals surface area contributed by atoms with Crippen LogP contribution < -0.4 is 5.32 Å². The van der Waals surface area contributed by atoms with Gasteiger partial charge in [-0.2, -0.15) is 0 Å². The summed E-state index contributed by atoms with van der Waals surface area (Å²) >= 11 is 1.55. The van der Waals surface area contributed by atoms with Crippen LogP contribution in [0.25, 0.3) is 11.5 Å². The summed E-state index contributed by atoms with van der Waals surface area (Å²) in [6.45, 7) is 2.55. The molecule has 0 fully saturated rings. The molecule has 1 amide bonds. The summed E-state index contributed by atoms with van der Waals surface area (Å²) in [5.74, 6) is -0.426. The van der Waals surface area contributed by atoms with Crippen molar-refractivity contribution in [3.8, 4) is 11.5 Å². The van der Waals surface area contributed by atoms with Crippen molar-refractivity contribution in [2.24, 2.45) is 0 Å². The molecule has 0 saturated heterocycles. The molecular weight excluding hydrogens is 372 g/mol. The fraction of sp³-hybridized carbons (Fsp3) is 0.333. The predicted molar refractivity (Wildman–Crippen MR) is 96.4 cm³/mol. The number of amides is 1. The van der Waals surface area contributed by atoms with E-state index < -0.39 is 17.5 Å². The Labute approximate surface area is 158 Å². The number of thiazole rings is 1. The fourth-order valence-corrected chi connectivity index (χ4v) is 3.81. The van der Waals surface area contributed by atoms with E-state index in [2.05, 4.69) is 20.5 Å². The van der Waals surface area contributed by atoms with E-state index in [1.807, 2.05) is 16.9 Å². The highest BCUT2D eigenvalue weighted by Crippen LogP contribution is 2.24. The Morgan fingerprint density at radius 2 is 2.15 bits per heavy atom. The minimum absolute atomic E-state index is 0.160. The van der Waals surface area contributed by atoms with Gasteiger partial charge in [-0.3, -0.25) is 4.79 Å². The van der Waals surface area contributed by atoms with Crippen LogP contribution in [0.1, 0.15) is 34.0 Å². The van der Waals surface area contributed by atoms with Crippen molar-refractivity contribution >= 4 is 17.2 Å². The fourth-order valence-electron chi connectivity index (χ4n) is 3.22. The molecule has 1 atom stereocenters. The SMILES string of the molecule is Cc1nc(-c2nnc3n2CCC(NC(=O)c2cc(F)ccc2F)CC3)cs1. The van der Waals surface area contributed by atoms with Crippen molar-refractivity contribution in [1.29, 1.82) is 0 Å². The lowest BCUT2D eigenvalue weighted by molar-refractivity contribution is 0.0928. The van der Waals surface area contributed by atoms with E-state index in [-0.39, 0.29) is 11.6 Å². The highest BCUT2D eigenvalue weighted by molar-refractivity contribution is 7.09. The quantitative estimate of drug-likeness (QED) is 0.747. The standard InChI is InChI=1S/C18H17F2N5OS/c1-10-21-15(9-27-10)17-24-23-16-5-3-12(6-7-25(16)17)22-18(26)13-8-11(19)2-4-14(13)20/h2,4,8-9,12H,3,5-7H2,1H3,(H,22,26). The summed E-state index contributed by atoms with van der Waals surface area (Å²) in [4.78, 5) is 16.8. The molecule has 3 heterocycles. The van der Waals surface area contributed by atoms with Crippen molar-refractivity contribution in [3.63, 3.8) is 0 Å². The molecule has 9 heteroatoms. The Balaban J connectivity index is 1.48. The monoisotopic (exact) mass is 389 g/mol. The maximum Gasteiger partial charge on any atom is 0.254 e. The second-order valence-corrected chi connectivity index (χ2v) is 7.53. The topological polar surface area (TPSA) is 72.7 Å². The van der Waals surface area contributed by atoms with Crippen LogP contribution in [0.15, 0.2) is 23.6 Å². The van der Waals surface area contributed by atoms with Crippen molar-refractivity contribution in [2.75, 3.05) is 0 Å². The second-order valence-electron chi connectivity index (χ2n) is 6.47. The molecule has 1 aliphatic rings. The minimum atomic E-state index is -0.735. The maximum atomic E-state index is 13.8. The van der Waals surface area contributed by atoms with Crippen LogP contribution in [0, 0.1) is 18.6 Å². The summed E-state index contributed by atoms with van der Waals surface area (Å²) in [6.07, 6.45) is 1.92. The molecule has 0 spiro atoms. The number of aryl methyl sites for hydroxylation is 2. The number of nitrogens with zero attached hydrogens (tertiary/aromatic N) is 4. The molecule has 0 saturated carbocycles. The number of nitrogens with one attached hydrogen (secondary N) is 1. The molecule has 4 rings (SSSR count). The highest BCUT2D eigenvalue weighted by Gasteiger charge is 2.24. The zero-order valence-electron chi connectivity index (χ0n) is 14.6. The molecule has 1 unspecified atom stereocenters. The summed E-state index contributed by atoms with van der Waals surface area (Å²) in [5.41, 5.74) is 0.512. The number of carbonyl (C=O) groups is 1. The largest absolute Gasteiger partial charge is 0.349 e. The molecular formula is C18H17F2N5OS. The number of fused-ring (bicyclic) bond motifs is 1. The second kappa shape index (κ2) is 7.15. The normalized spacial score (nSPS) is 16.6. The average molecular weight is 389 g/mol. The van der Waals surface area contributed by atoms with Gasteiger partial charge in [0.1, 0.15) is 23.2 Å². The van der Waals surface area contributed by atoms with Gasteiger partial charge in [-0.25, -0.2) is 13.8 Å². The molecule has 1 N–H and O–H groups in total. The molecule has 0 bridgehead atoms. The van der Waals surface area contributed by atoms with E-state index in [0.29, 0.717) is 25.8 Å². The van der Waals surface area contributed by atoms with Gasteiger partial charge in [0.15, 0.2) is 5.82 Å². The first kappa shape index (κ1) is 17.7. The Kier molecular flexibility index (Phi) is 4.69. The van der Waals surface area contributed by atoms with Gasteiger partial charge in [-0.05, 0) is 38.0 Å². The van der Waals surface area contributed by atoms with Gasteiger partial charge in [-0.1, -0.05) is 0 Å². The number of rotatable bonds is 3. The van der Waals surface area contributed by atoms with Crippen LogP contribution in [0.5, 0.6) is 0 Å². The molecule has 1 aromatic carbocycles. The van der Waals surface area contributed by atoms with Crippen LogP contribution in [0.3, 0.4) is 0 Å². The third-order valence-electron chi connectivity index (χ3n) is 4.60. The average Bonchev–Trinajstić information content (AvgIpc) is 3.20. The van der Waals surface area contributed by atoms with E-state index in [4.69, 9.17) is 0 Å². The summed E-state index contributed by atoms with van der Waals surface area (Å²) in [5, 5.41) is 14.2. The number of hydrogen-bond donors (Lipinski definition) is 1. The van der Waals surface area contributed by atoms with Gasteiger partial charge in [0.05, 0.1) is 10.6 Å². The molecule has 27 heavy (non-hydrogen) atoms. The number of benzene rings is 1. The van der Waals surface area contributed by atoms with Crippen LogP contribution in [0.4, 0.5) is 8.78 Å². The number of carbonyl (C=O) groups excluding carboxylic acids is 1. The van der Waals surface area contributed by atoms with Gasteiger partial charge in [-0.15, -0.1) is 21.5 Å². The Morgan fingerprint density at radius 3 is 2.93 bits per heavy atom. The lowest BCUT2D eigenvalue weighted by Crippen LogP contribution is -2.35. The Morgan fingerprint density at radius 1 is 1.30 bits per heavy atom. The van der Waals surface area contributed by atoms with Gasteiger partial charge in [0, 0.05) is 24.4 Å². The van der Waals surface area contributed by atoms with Gasteiger partial charge < -0.3 is 9.88 Å².